The number of anilines is 3. The van der Waals surface area contributed by atoms with Crippen molar-refractivity contribution in [2.24, 2.45) is 0 Å². The molecule has 0 radical (unpaired) electrons. The van der Waals surface area contributed by atoms with E-state index in [1.54, 1.807) is 31.3 Å². The van der Waals surface area contributed by atoms with Crippen LogP contribution in [0.5, 0.6) is 0 Å². The quantitative estimate of drug-likeness (QED) is 0.826. The maximum atomic E-state index is 12.4. The monoisotopic (exact) mass is 379 g/mol. The molecule has 2 heterocycles. The van der Waals surface area contributed by atoms with Crippen LogP contribution < -0.4 is 15.1 Å². The zero-order valence-corrected chi connectivity index (χ0v) is 15.6. The second-order valence-corrected chi connectivity index (χ2v) is 6.94. The SMILES string of the molecule is CN(C(=O)COC(=O)c1ccc2c(c1)NC(=O)[C@H]1CCCN21)c1ccccc1. The average molecular weight is 379 g/mol. The molecule has 2 amide bonds. The summed E-state index contributed by atoms with van der Waals surface area (Å²) in [6, 6.07) is 14.1. The van der Waals surface area contributed by atoms with Crippen molar-refractivity contribution < 1.29 is 19.1 Å². The number of para-hydroxylation sites is 1. The maximum Gasteiger partial charge on any atom is 0.338 e. The normalized spacial score (nSPS) is 17.4. The Kier molecular flexibility index (Phi) is 4.73. The molecule has 0 unspecified atom stereocenters. The Bertz CT molecular complexity index is 929. The number of rotatable bonds is 4. The smallest absolute Gasteiger partial charge is 0.338 e. The molecule has 0 spiro atoms. The lowest BCUT2D eigenvalue weighted by Crippen LogP contribution is -2.43. The van der Waals surface area contributed by atoms with Gasteiger partial charge < -0.3 is 19.9 Å². The summed E-state index contributed by atoms with van der Waals surface area (Å²) in [6.07, 6.45) is 1.81. The molecule has 1 atom stereocenters. The summed E-state index contributed by atoms with van der Waals surface area (Å²) in [6.45, 7) is 0.469. The van der Waals surface area contributed by atoms with Gasteiger partial charge >= 0.3 is 5.97 Å². The Balaban J connectivity index is 1.42. The zero-order valence-electron chi connectivity index (χ0n) is 15.6. The fourth-order valence-electron chi connectivity index (χ4n) is 3.66. The number of esters is 1. The number of hydrogen-bond acceptors (Lipinski definition) is 5. The highest BCUT2D eigenvalue weighted by atomic mass is 16.5. The lowest BCUT2D eigenvalue weighted by Gasteiger charge is -2.33. The molecule has 0 saturated carbocycles. The van der Waals surface area contributed by atoms with Crippen LogP contribution in [0.1, 0.15) is 23.2 Å². The molecule has 7 heteroatoms. The van der Waals surface area contributed by atoms with E-state index in [-0.39, 0.29) is 24.5 Å². The maximum absolute atomic E-state index is 12.4. The van der Waals surface area contributed by atoms with Gasteiger partial charge in [-0.25, -0.2) is 4.79 Å². The van der Waals surface area contributed by atoms with Crippen LogP contribution in [0.15, 0.2) is 48.5 Å². The summed E-state index contributed by atoms with van der Waals surface area (Å²) in [7, 11) is 1.63. The third kappa shape index (κ3) is 3.31. The molecule has 2 aromatic rings. The predicted molar refractivity (Wildman–Crippen MR) is 106 cm³/mol. The van der Waals surface area contributed by atoms with E-state index in [0.717, 1.165) is 30.8 Å². The van der Waals surface area contributed by atoms with Crippen molar-refractivity contribution in [1.82, 2.24) is 0 Å². The molecule has 4 rings (SSSR count). The van der Waals surface area contributed by atoms with Crippen LogP contribution in [0, 0.1) is 0 Å². The molecule has 2 aliphatic rings. The van der Waals surface area contributed by atoms with Crippen molar-refractivity contribution in [2.45, 2.75) is 18.9 Å². The number of carbonyl (C=O) groups excluding carboxylic acids is 3. The molecule has 1 N–H and O–H groups in total. The summed E-state index contributed by atoms with van der Waals surface area (Å²) in [5, 5.41) is 2.87. The second-order valence-electron chi connectivity index (χ2n) is 6.94. The number of likely N-dealkylation sites (N-methyl/N-ethyl adjacent to an activating group) is 1. The molecule has 0 bridgehead atoms. The number of hydrogen-bond donors (Lipinski definition) is 1. The fraction of sp³-hybridized carbons (Fsp3) is 0.286. The first-order chi connectivity index (χ1) is 13.5. The van der Waals surface area contributed by atoms with Crippen molar-refractivity contribution >= 4 is 34.8 Å². The van der Waals surface area contributed by atoms with Crippen LogP contribution in [-0.4, -0.2) is 44.0 Å². The van der Waals surface area contributed by atoms with E-state index in [0.29, 0.717) is 11.3 Å². The summed E-state index contributed by atoms with van der Waals surface area (Å²) >= 11 is 0. The summed E-state index contributed by atoms with van der Waals surface area (Å²) in [4.78, 5) is 40.4. The number of nitrogens with one attached hydrogen (secondary N) is 1. The Labute approximate surface area is 162 Å². The first kappa shape index (κ1) is 18.0. The Hall–Kier alpha value is -3.35. The predicted octanol–water partition coefficient (Wildman–Crippen LogP) is 2.43. The van der Waals surface area contributed by atoms with E-state index in [2.05, 4.69) is 10.2 Å². The van der Waals surface area contributed by atoms with E-state index >= 15 is 0 Å². The van der Waals surface area contributed by atoms with Gasteiger partial charge in [0.05, 0.1) is 16.9 Å². The minimum Gasteiger partial charge on any atom is -0.452 e. The van der Waals surface area contributed by atoms with Gasteiger partial charge in [0, 0.05) is 19.3 Å². The minimum absolute atomic E-state index is 0.0461. The van der Waals surface area contributed by atoms with E-state index in [1.165, 1.54) is 4.90 Å². The number of benzene rings is 2. The molecule has 1 saturated heterocycles. The van der Waals surface area contributed by atoms with Gasteiger partial charge in [0.2, 0.25) is 5.91 Å². The van der Waals surface area contributed by atoms with Crippen molar-refractivity contribution in [3.8, 4) is 0 Å². The molecule has 144 valence electrons. The number of ether oxygens (including phenoxy) is 1. The van der Waals surface area contributed by atoms with Gasteiger partial charge in [-0.2, -0.15) is 0 Å². The van der Waals surface area contributed by atoms with Crippen molar-refractivity contribution in [3.05, 3.63) is 54.1 Å². The van der Waals surface area contributed by atoms with E-state index in [4.69, 9.17) is 4.74 Å². The van der Waals surface area contributed by atoms with Crippen LogP contribution in [0.4, 0.5) is 17.1 Å². The van der Waals surface area contributed by atoms with E-state index < -0.39 is 5.97 Å². The standard InChI is InChI=1S/C21H21N3O4/c1-23(15-6-3-2-4-7-15)19(25)13-28-21(27)14-9-10-17-16(12-14)22-20(26)18-8-5-11-24(17)18/h2-4,6-7,9-10,12,18H,5,8,11,13H2,1H3,(H,22,26)/t18-/m1/s1. The van der Waals surface area contributed by atoms with Gasteiger partial charge in [-0.15, -0.1) is 0 Å². The zero-order chi connectivity index (χ0) is 19.7. The highest BCUT2D eigenvalue weighted by Crippen LogP contribution is 2.37. The van der Waals surface area contributed by atoms with E-state index in [1.807, 2.05) is 24.3 Å². The number of carbonyl (C=O) groups is 3. The van der Waals surface area contributed by atoms with Gasteiger partial charge in [-0.1, -0.05) is 18.2 Å². The Morgan fingerprint density at radius 2 is 2.00 bits per heavy atom. The van der Waals surface area contributed by atoms with Crippen LogP contribution in [0.2, 0.25) is 0 Å². The third-order valence-electron chi connectivity index (χ3n) is 5.20. The largest absolute Gasteiger partial charge is 0.452 e. The molecule has 7 nitrogen and oxygen atoms in total. The van der Waals surface area contributed by atoms with E-state index in [9.17, 15) is 14.4 Å². The summed E-state index contributed by atoms with van der Waals surface area (Å²) < 4.78 is 5.18. The van der Waals surface area contributed by atoms with Crippen LogP contribution >= 0.6 is 0 Å². The van der Waals surface area contributed by atoms with Gasteiger partial charge in [0.1, 0.15) is 6.04 Å². The highest BCUT2D eigenvalue weighted by Gasteiger charge is 2.36. The lowest BCUT2D eigenvalue weighted by molar-refractivity contribution is -0.121. The molecular formula is C21H21N3O4. The van der Waals surface area contributed by atoms with Crippen molar-refractivity contribution in [2.75, 3.05) is 35.3 Å². The lowest BCUT2D eigenvalue weighted by atomic mass is 10.1. The summed E-state index contributed by atoms with van der Waals surface area (Å²) in [5.74, 6) is -0.976. The van der Waals surface area contributed by atoms with Gasteiger partial charge in [-0.05, 0) is 43.2 Å². The Morgan fingerprint density at radius 3 is 2.79 bits per heavy atom. The highest BCUT2D eigenvalue weighted by molar-refractivity contribution is 6.05. The van der Waals surface area contributed by atoms with Gasteiger partial charge in [0.25, 0.3) is 5.91 Å². The first-order valence-corrected chi connectivity index (χ1v) is 9.25. The first-order valence-electron chi connectivity index (χ1n) is 9.25. The molecular weight excluding hydrogens is 358 g/mol. The van der Waals surface area contributed by atoms with Crippen molar-refractivity contribution in [3.63, 3.8) is 0 Å². The molecule has 2 aromatic carbocycles. The number of amides is 2. The molecule has 1 fully saturated rings. The Morgan fingerprint density at radius 1 is 1.21 bits per heavy atom. The summed E-state index contributed by atoms with van der Waals surface area (Å²) in [5.41, 5.74) is 2.54. The average Bonchev–Trinajstić information content (AvgIpc) is 3.22. The topological polar surface area (TPSA) is 79.0 Å². The van der Waals surface area contributed by atoms with Gasteiger partial charge in [0.15, 0.2) is 6.61 Å². The second kappa shape index (κ2) is 7.34. The minimum atomic E-state index is -0.601. The third-order valence-corrected chi connectivity index (χ3v) is 5.20. The molecule has 2 aliphatic heterocycles. The van der Waals surface area contributed by atoms with Crippen LogP contribution in [0.3, 0.4) is 0 Å². The van der Waals surface area contributed by atoms with Crippen LogP contribution in [-0.2, 0) is 14.3 Å². The van der Waals surface area contributed by atoms with Gasteiger partial charge in [-0.3, -0.25) is 9.59 Å². The molecule has 0 aliphatic carbocycles. The molecule has 28 heavy (non-hydrogen) atoms. The number of nitrogens with zero attached hydrogens (tertiary/aromatic N) is 2. The van der Waals surface area contributed by atoms with Crippen LogP contribution in [0.25, 0.3) is 0 Å². The molecule has 0 aromatic heterocycles. The number of fused-ring (bicyclic) bond motifs is 3. The van der Waals surface area contributed by atoms with Crippen molar-refractivity contribution in [1.29, 1.82) is 0 Å². The fourth-order valence-corrected chi connectivity index (χ4v) is 3.66.